The average Bonchev–Trinajstić information content (AvgIpc) is 3.06. The van der Waals surface area contributed by atoms with Gasteiger partial charge < -0.3 is 14.4 Å². The third kappa shape index (κ3) is 3.24. The van der Waals surface area contributed by atoms with E-state index in [-0.39, 0.29) is 11.6 Å². The van der Waals surface area contributed by atoms with E-state index in [0.717, 1.165) is 11.1 Å². The molecule has 24 heavy (non-hydrogen) atoms. The van der Waals surface area contributed by atoms with Gasteiger partial charge in [0.05, 0.1) is 0 Å². The van der Waals surface area contributed by atoms with Gasteiger partial charge in [-0.25, -0.2) is 4.79 Å². The molecule has 2 aromatic heterocycles. The molecule has 0 N–H and O–H groups in total. The summed E-state index contributed by atoms with van der Waals surface area (Å²) in [6.07, 6.45) is 0.452. The SMILES string of the molecule is Cc1ccc(-c2nnc([C@@H](C)OC(=O)c3cccc[n+]3[O-])o2)cc1. The third-order valence-electron chi connectivity index (χ3n) is 3.40. The Morgan fingerprint density at radius 3 is 2.67 bits per heavy atom. The number of esters is 1. The molecule has 3 aromatic rings. The highest BCUT2D eigenvalue weighted by Crippen LogP contribution is 2.23. The first-order valence-electron chi connectivity index (χ1n) is 7.34. The number of nitrogens with zero attached hydrogens (tertiary/aromatic N) is 3. The fraction of sp³-hybridized carbons (Fsp3) is 0.176. The second-order valence-corrected chi connectivity index (χ2v) is 5.27. The van der Waals surface area contributed by atoms with Gasteiger partial charge in [-0.1, -0.05) is 17.7 Å². The van der Waals surface area contributed by atoms with Crippen molar-refractivity contribution in [3.8, 4) is 11.5 Å². The van der Waals surface area contributed by atoms with Crippen LogP contribution in [0.3, 0.4) is 0 Å². The maximum Gasteiger partial charge on any atom is 0.405 e. The monoisotopic (exact) mass is 325 g/mol. The smallest absolute Gasteiger partial charge is 0.405 e. The molecule has 122 valence electrons. The fourth-order valence-corrected chi connectivity index (χ4v) is 2.07. The van der Waals surface area contributed by atoms with Crippen molar-refractivity contribution in [3.05, 3.63) is 71.0 Å². The Hall–Kier alpha value is -3.22. The fourth-order valence-electron chi connectivity index (χ4n) is 2.07. The lowest BCUT2D eigenvalue weighted by Gasteiger charge is -2.08. The summed E-state index contributed by atoms with van der Waals surface area (Å²) in [6, 6.07) is 12.1. The quantitative estimate of drug-likeness (QED) is 0.416. The van der Waals surface area contributed by atoms with Gasteiger partial charge in [0.1, 0.15) is 0 Å². The largest absolute Gasteiger partial charge is 0.618 e. The summed E-state index contributed by atoms with van der Waals surface area (Å²) >= 11 is 0. The molecule has 0 saturated carbocycles. The zero-order chi connectivity index (χ0) is 17.1. The Bertz CT molecular complexity index is 858. The number of aryl methyl sites for hydroxylation is 1. The molecular formula is C17H15N3O4. The maximum atomic E-state index is 12.0. The standard InChI is InChI=1S/C17H15N3O4/c1-11-6-8-13(9-7-11)16-19-18-15(24-16)12(2)23-17(21)14-5-3-4-10-20(14)22/h3-10,12H,1-2H3/t12-/m1/s1. The van der Waals surface area contributed by atoms with Gasteiger partial charge in [-0.15, -0.1) is 10.2 Å². The summed E-state index contributed by atoms with van der Waals surface area (Å²) in [5.41, 5.74) is 1.79. The molecule has 0 bridgehead atoms. The second kappa shape index (κ2) is 6.49. The number of aromatic nitrogens is 3. The van der Waals surface area contributed by atoms with E-state index in [2.05, 4.69) is 10.2 Å². The average molecular weight is 325 g/mol. The Balaban J connectivity index is 1.74. The molecule has 0 aliphatic heterocycles. The number of carbonyl (C=O) groups is 1. The molecule has 0 radical (unpaired) electrons. The molecule has 0 saturated heterocycles. The van der Waals surface area contributed by atoms with Gasteiger partial charge in [-0.2, -0.15) is 4.73 Å². The van der Waals surface area contributed by atoms with Crippen LogP contribution in [0.1, 0.15) is 35.0 Å². The van der Waals surface area contributed by atoms with Crippen LogP contribution in [0.4, 0.5) is 0 Å². The van der Waals surface area contributed by atoms with Crippen molar-refractivity contribution in [2.45, 2.75) is 20.0 Å². The van der Waals surface area contributed by atoms with Crippen LogP contribution in [0.5, 0.6) is 0 Å². The first-order chi connectivity index (χ1) is 11.5. The molecule has 0 aliphatic rings. The van der Waals surface area contributed by atoms with Crippen LogP contribution in [-0.2, 0) is 4.74 Å². The Morgan fingerprint density at radius 1 is 1.21 bits per heavy atom. The number of benzene rings is 1. The molecule has 7 heteroatoms. The molecular weight excluding hydrogens is 310 g/mol. The minimum absolute atomic E-state index is 0.109. The molecule has 0 aliphatic carbocycles. The molecule has 0 spiro atoms. The maximum absolute atomic E-state index is 12.0. The van der Waals surface area contributed by atoms with Gasteiger partial charge in [0.25, 0.3) is 5.89 Å². The molecule has 1 atom stereocenters. The number of ether oxygens (including phenoxy) is 1. The van der Waals surface area contributed by atoms with Gasteiger partial charge in [0.2, 0.25) is 5.89 Å². The van der Waals surface area contributed by atoms with Crippen molar-refractivity contribution in [1.82, 2.24) is 10.2 Å². The summed E-state index contributed by atoms with van der Waals surface area (Å²) in [7, 11) is 0. The molecule has 0 unspecified atom stereocenters. The van der Waals surface area contributed by atoms with Crippen LogP contribution in [0, 0.1) is 12.1 Å². The van der Waals surface area contributed by atoms with E-state index < -0.39 is 12.1 Å². The zero-order valence-electron chi connectivity index (χ0n) is 13.2. The second-order valence-electron chi connectivity index (χ2n) is 5.27. The number of rotatable bonds is 4. The number of hydrogen-bond donors (Lipinski definition) is 0. The van der Waals surface area contributed by atoms with Gasteiger partial charge in [0.15, 0.2) is 12.3 Å². The van der Waals surface area contributed by atoms with Crippen molar-refractivity contribution < 1.29 is 18.7 Å². The minimum atomic E-state index is -0.774. The van der Waals surface area contributed by atoms with Crippen molar-refractivity contribution in [2.75, 3.05) is 0 Å². The predicted octanol–water partition coefficient (Wildman–Crippen LogP) is 2.60. The molecule has 2 heterocycles. The first-order valence-corrected chi connectivity index (χ1v) is 7.34. The normalized spacial score (nSPS) is 11.9. The lowest BCUT2D eigenvalue weighted by Crippen LogP contribution is -2.34. The van der Waals surface area contributed by atoms with Crippen molar-refractivity contribution >= 4 is 5.97 Å². The summed E-state index contributed by atoms with van der Waals surface area (Å²) in [4.78, 5) is 12.0. The molecule has 1 aromatic carbocycles. The highest BCUT2D eigenvalue weighted by molar-refractivity contribution is 5.85. The number of hydrogen-bond acceptors (Lipinski definition) is 6. The van der Waals surface area contributed by atoms with Crippen LogP contribution in [0.2, 0.25) is 0 Å². The van der Waals surface area contributed by atoms with Gasteiger partial charge in [0, 0.05) is 17.7 Å². The summed E-state index contributed by atoms with van der Waals surface area (Å²) in [6.45, 7) is 3.58. The molecule has 0 amide bonds. The van der Waals surface area contributed by atoms with Crippen LogP contribution in [-0.4, -0.2) is 16.2 Å². The van der Waals surface area contributed by atoms with Crippen LogP contribution in [0.15, 0.2) is 53.1 Å². The highest BCUT2D eigenvalue weighted by Gasteiger charge is 2.24. The Kier molecular flexibility index (Phi) is 4.24. The lowest BCUT2D eigenvalue weighted by molar-refractivity contribution is -0.608. The lowest BCUT2D eigenvalue weighted by atomic mass is 10.1. The Morgan fingerprint density at radius 2 is 1.96 bits per heavy atom. The number of carbonyl (C=O) groups excluding carboxylic acids is 1. The summed E-state index contributed by atoms with van der Waals surface area (Å²) < 4.78 is 11.2. The summed E-state index contributed by atoms with van der Waals surface area (Å²) in [5, 5.41) is 19.4. The predicted molar refractivity (Wildman–Crippen MR) is 83.7 cm³/mol. The van der Waals surface area contributed by atoms with Gasteiger partial charge >= 0.3 is 11.7 Å². The van der Waals surface area contributed by atoms with Crippen molar-refractivity contribution in [2.24, 2.45) is 0 Å². The van der Waals surface area contributed by atoms with E-state index in [1.54, 1.807) is 13.0 Å². The van der Waals surface area contributed by atoms with Crippen LogP contribution >= 0.6 is 0 Å². The third-order valence-corrected chi connectivity index (χ3v) is 3.40. The van der Waals surface area contributed by atoms with Crippen LogP contribution < -0.4 is 4.73 Å². The van der Waals surface area contributed by atoms with E-state index >= 15 is 0 Å². The highest BCUT2D eigenvalue weighted by atomic mass is 16.6. The van der Waals surface area contributed by atoms with E-state index in [4.69, 9.17) is 9.15 Å². The molecule has 7 nitrogen and oxygen atoms in total. The van der Waals surface area contributed by atoms with E-state index in [9.17, 15) is 10.0 Å². The topological polar surface area (TPSA) is 92.2 Å². The molecule has 0 fully saturated rings. The van der Waals surface area contributed by atoms with E-state index in [1.807, 2.05) is 31.2 Å². The van der Waals surface area contributed by atoms with Crippen molar-refractivity contribution in [1.29, 1.82) is 0 Å². The van der Waals surface area contributed by atoms with Gasteiger partial charge in [-0.05, 0) is 32.0 Å². The molecule has 3 rings (SSSR count). The Labute approximate surface area is 138 Å². The van der Waals surface area contributed by atoms with E-state index in [0.29, 0.717) is 10.6 Å². The summed E-state index contributed by atoms with van der Waals surface area (Å²) in [5.74, 6) is -0.257. The minimum Gasteiger partial charge on any atom is -0.618 e. The van der Waals surface area contributed by atoms with Crippen molar-refractivity contribution in [3.63, 3.8) is 0 Å². The van der Waals surface area contributed by atoms with E-state index in [1.165, 1.54) is 18.3 Å². The first kappa shape index (κ1) is 15.7. The van der Waals surface area contributed by atoms with Crippen LogP contribution in [0.25, 0.3) is 11.5 Å². The zero-order valence-corrected chi connectivity index (χ0v) is 13.2. The van der Waals surface area contributed by atoms with Gasteiger partial charge in [-0.3, -0.25) is 0 Å². The number of pyridine rings is 1.